The second kappa shape index (κ2) is 10.6. The minimum atomic E-state index is 0. The molecule has 2 aliphatic heterocycles. The van der Waals surface area contributed by atoms with Crippen LogP contribution in [0.25, 0.3) is 0 Å². The Bertz CT molecular complexity index is 308. The Kier molecular flexibility index (Phi) is 9.59. The van der Waals surface area contributed by atoms with Crippen molar-refractivity contribution in [3.63, 3.8) is 0 Å². The molecular formula is C15H31IN4O. The molecular weight excluding hydrogens is 379 g/mol. The number of likely N-dealkylation sites (N-methyl/N-ethyl adjacent to an activating group) is 1. The number of hydrogen-bond acceptors (Lipinski definition) is 3. The number of aliphatic imine (C=N–C) groups is 1. The van der Waals surface area contributed by atoms with Crippen LogP contribution in [0.15, 0.2) is 4.99 Å². The van der Waals surface area contributed by atoms with E-state index in [2.05, 4.69) is 27.4 Å². The number of likely N-dealkylation sites (tertiary alicyclic amines) is 1. The first-order valence-electron chi connectivity index (χ1n) is 8.13. The fourth-order valence-electron chi connectivity index (χ4n) is 3.20. The van der Waals surface area contributed by atoms with Gasteiger partial charge >= 0.3 is 0 Å². The van der Waals surface area contributed by atoms with Gasteiger partial charge in [0.2, 0.25) is 0 Å². The Morgan fingerprint density at radius 1 is 1.29 bits per heavy atom. The van der Waals surface area contributed by atoms with E-state index in [0.29, 0.717) is 12.1 Å². The van der Waals surface area contributed by atoms with E-state index in [1.165, 1.54) is 32.2 Å². The molecule has 2 unspecified atom stereocenters. The molecule has 0 aromatic carbocycles. The van der Waals surface area contributed by atoms with Crippen LogP contribution in [0.5, 0.6) is 0 Å². The molecule has 124 valence electrons. The number of guanidine groups is 1. The van der Waals surface area contributed by atoms with Gasteiger partial charge in [-0.05, 0) is 45.2 Å². The highest BCUT2D eigenvalue weighted by Gasteiger charge is 2.22. The van der Waals surface area contributed by atoms with E-state index >= 15 is 0 Å². The molecule has 0 amide bonds. The van der Waals surface area contributed by atoms with Crippen LogP contribution < -0.4 is 10.6 Å². The van der Waals surface area contributed by atoms with Crippen molar-refractivity contribution in [3.05, 3.63) is 0 Å². The highest BCUT2D eigenvalue weighted by Crippen LogP contribution is 2.15. The van der Waals surface area contributed by atoms with E-state index in [9.17, 15) is 0 Å². The van der Waals surface area contributed by atoms with Gasteiger partial charge in [0.05, 0.1) is 6.10 Å². The molecule has 0 aromatic heterocycles. The number of nitrogens with zero attached hydrogens (tertiary/aromatic N) is 2. The maximum atomic E-state index is 5.63. The Morgan fingerprint density at radius 2 is 2.14 bits per heavy atom. The largest absolute Gasteiger partial charge is 0.378 e. The van der Waals surface area contributed by atoms with Gasteiger partial charge in [-0.15, -0.1) is 24.0 Å². The van der Waals surface area contributed by atoms with Crippen LogP contribution >= 0.6 is 24.0 Å². The lowest BCUT2D eigenvalue weighted by Crippen LogP contribution is -2.45. The lowest BCUT2D eigenvalue weighted by Gasteiger charge is -2.24. The van der Waals surface area contributed by atoms with Crippen LogP contribution in [-0.4, -0.2) is 62.8 Å². The summed E-state index contributed by atoms with van der Waals surface area (Å²) < 4.78 is 5.63. The predicted molar refractivity (Wildman–Crippen MR) is 98.6 cm³/mol. The van der Waals surface area contributed by atoms with Crippen molar-refractivity contribution in [2.75, 3.05) is 39.8 Å². The average Bonchev–Trinajstić information content (AvgIpc) is 3.13. The van der Waals surface area contributed by atoms with Crippen LogP contribution in [0.4, 0.5) is 0 Å². The summed E-state index contributed by atoms with van der Waals surface area (Å²) in [6, 6.07) is 0.664. The zero-order valence-electron chi connectivity index (χ0n) is 13.4. The lowest BCUT2D eigenvalue weighted by molar-refractivity contribution is 0.105. The fourth-order valence-corrected chi connectivity index (χ4v) is 3.20. The molecule has 0 aliphatic carbocycles. The van der Waals surface area contributed by atoms with Crippen molar-refractivity contribution in [2.24, 2.45) is 4.99 Å². The molecule has 2 heterocycles. The molecule has 2 atom stereocenters. The highest BCUT2D eigenvalue weighted by molar-refractivity contribution is 14.0. The standard InChI is InChI=1S/C15H30N4O.HI/c1-3-19-10-4-6-13(19)12-18-15(16-2)17-9-8-14-7-5-11-20-14;/h13-14H,3-12H2,1-2H3,(H2,16,17,18);1H. The molecule has 2 rings (SSSR count). The van der Waals surface area contributed by atoms with Crippen LogP contribution in [0.1, 0.15) is 39.0 Å². The first-order valence-corrected chi connectivity index (χ1v) is 8.13. The lowest BCUT2D eigenvalue weighted by atomic mass is 10.2. The van der Waals surface area contributed by atoms with Crippen LogP contribution in [0, 0.1) is 0 Å². The second-order valence-electron chi connectivity index (χ2n) is 5.73. The molecule has 0 aromatic rings. The Balaban J connectivity index is 0.00000220. The van der Waals surface area contributed by atoms with Gasteiger partial charge in [-0.3, -0.25) is 9.89 Å². The summed E-state index contributed by atoms with van der Waals surface area (Å²) in [4.78, 5) is 6.85. The second-order valence-corrected chi connectivity index (χ2v) is 5.73. The van der Waals surface area contributed by atoms with Gasteiger partial charge in [-0.2, -0.15) is 0 Å². The Hall–Kier alpha value is -0.0800. The van der Waals surface area contributed by atoms with Crippen LogP contribution in [0.2, 0.25) is 0 Å². The molecule has 0 bridgehead atoms. The van der Waals surface area contributed by atoms with E-state index in [-0.39, 0.29) is 24.0 Å². The van der Waals surface area contributed by atoms with Gasteiger partial charge in [0.1, 0.15) is 0 Å². The van der Waals surface area contributed by atoms with E-state index in [1.54, 1.807) is 0 Å². The number of ether oxygens (including phenoxy) is 1. The first kappa shape index (κ1) is 19.0. The summed E-state index contributed by atoms with van der Waals surface area (Å²) in [7, 11) is 1.84. The SMILES string of the molecule is CCN1CCCC1CNC(=NC)NCCC1CCCO1.I. The van der Waals surface area contributed by atoms with Gasteiger partial charge in [0.25, 0.3) is 0 Å². The molecule has 2 aliphatic rings. The normalized spacial score (nSPS) is 26.7. The third kappa shape index (κ3) is 6.28. The molecule has 6 heteroatoms. The maximum absolute atomic E-state index is 5.63. The van der Waals surface area contributed by atoms with Crippen LogP contribution in [-0.2, 0) is 4.74 Å². The van der Waals surface area contributed by atoms with Gasteiger partial charge in [0, 0.05) is 32.8 Å². The molecule has 2 N–H and O–H groups in total. The van der Waals surface area contributed by atoms with Crippen molar-refractivity contribution < 1.29 is 4.74 Å². The van der Waals surface area contributed by atoms with Gasteiger partial charge in [-0.1, -0.05) is 6.92 Å². The number of nitrogens with one attached hydrogen (secondary N) is 2. The minimum absolute atomic E-state index is 0. The maximum Gasteiger partial charge on any atom is 0.191 e. The van der Waals surface area contributed by atoms with Gasteiger partial charge in [0.15, 0.2) is 5.96 Å². The minimum Gasteiger partial charge on any atom is -0.378 e. The first-order chi connectivity index (χ1) is 9.83. The Morgan fingerprint density at radius 3 is 2.81 bits per heavy atom. The smallest absolute Gasteiger partial charge is 0.191 e. The van der Waals surface area contributed by atoms with Crippen molar-refractivity contribution >= 4 is 29.9 Å². The van der Waals surface area contributed by atoms with Crippen molar-refractivity contribution in [1.29, 1.82) is 0 Å². The fraction of sp³-hybridized carbons (Fsp3) is 0.933. The summed E-state index contributed by atoms with van der Waals surface area (Å²) >= 11 is 0. The molecule has 0 saturated carbocycles. The van der Waals surface area contributed by atoms with E-state index in [1.807, 2.05) is 7.05 Å². The molecule has 2 fully saturated rings. The monoisotopic (exact) mass is 410 g/mol. The van der Waals surface area contributed by atoms with E-state index in [4.69, 9.17) is 4.74 Å². The Labute approximate surface area is 146 Å². The van der Waals surface area contributed by atoms with Gasteiger partial charge in [-0.25, -0.2) is 0 Å². The molecule has 5 nitrogen and oxygen atoms in total. The van der Waals surface area contributed by atoms with E-state index in [0.717, 1.165) is 38.6 Å². The van der Waals surface area contributed by atoms with E-state index < -0.39 is 0 Å². The van der Waals surface area contributed by atoms with Gasteiger partial charge < -0.3 is 15.4 Å². The van der Waals surface area contributed by atoms with Crippen molar-refractivity contribution in [3.8, 4) is 0 Å². The summed E-state index contributed by atoms with van der Waals surface area (Å²) in [5.74, 6) is 0.922. The summed E-state index contributed by atoms with van der Waals surface area (Å²) in [6.45, 7) is 7.50. The molecule has 0 spiro atoms. The van der Waals surface area contributed by atoms with Crippen molar-refractivity contribution in [2.45, 2.75) is 51.2 Å². The quantitative estimate of drug-likeness (QED) is 0.399. The third-order valence-corrected chi connectivity index (χ3v) is 4.42. The number of halogens is 1. The highest BCUT2D eigenvalue weighted by atomic mass is 127. The molecule has 21 heavy (non-hydrogen) atoms. The van der Waals surface area contributed by atoms with Crippen molar-refractivity contribution in [1.82, 2.24) is 15.5 Å². The predicted octanol–water partition coefficient (Wildman–Crippen LogP) is 1.82. The molecule has 0 radical (unpaired) electrons. The van der Waals surface area contributed by atoms with Crippen LogP contribution in [0.3, 0.4) is 0 Å². The number of hydrogen-bond donors (Lipinski definition) is 2. The summed E-state index contributed by atoms with van der Waals surface area (Å²) in [5.41, 5.74) is 0. The topological polar surface area (TPSA) is 48.9 Å². The number of rotatable bonds is 6. The zero-order valence-corrected chi connectivity index (χ0v) is 15.8. The summed E-state index contributed by atoms with van der Waals surface area (Å²) in [6.07, 6.45) is 6.57. The average molecular weight is 410 g/mol. The molecule has 2 saturated heterocycles. The zero-order chi connectivity index (χ0) is 14.2. The third-order valence-electron chi connectivity index (χ3n) is 4.42. The summed E-state index contributed by atoms with van der Waals surface area (Å²) in [5, 5.41) is 6.85.